The van der Waals surface area contributed by atoms with E-state index in [1.54, 1.807) is 120 Å². The number of nitrogens with zero attached hydrogens (tertiary/aromatic N) is 9. The largest absolute Gasteiger partial charge is 0.478 e. The highest BCUT2D eigenvalue weighted by Crippen LogP contribution is 2.42. The van der Waals surface area contributed by atoms with Gasteiger partial charge >= 0.3 is 11.9 Å². The van der Waals surface area contributed by atoms with Crippen LogP contribution >= 0.6 is 23.4 Å². The molecule has 143 heavy (non-hydrogen) atoms. The summed E-state index contributed by atoms with van der Waals surface area (Å²) in [6.45, 7) is 3.38. The number of ketones is 5. The van der Waals surface area contributed by atoms with Crippen molar-refractivity contribution in [2.75, 3.05) is 27.8 Å². The van der Waals surface area contributed by atoms with Crippen LogP contribution in [0.4, 0.5) is 22.7 Å². The summed E-state index contributed by atoms with van der Waals surface area (Å²) in [5, 5.41) is 27.5. The van der Waals surface area contributed by atoms with Crippen molar-refractivity contribution in [3.8, 4) is 11.5 Å². The molecule has 15 aromatic rings. The van der Waals surface area contributed by atoms with Crippen LogP contribution in [0.5, 0.6) is 11.5 Å². The van der Waals surface area contributed by atoms with Gasteiger partial charge in [-0.15, -0.1) is 0 Å². The average molecular weight is 1950 g/mol. The molecule has 35 heteroatoms. The quantitative estimate of drug-likeness (QED) is 0.0130. The molecule has 11 aromatic carbocycles. The summed E-state index contributed by atoms with van der Waals surface area (Å²) in [4.78, 5) is 246. The molecule has 4 aromatic heterocycles. The van der Waals surface area contributed by atoms with Crippen molar-refractivity contribution in [1.82, 2.24) is 39.8 Å². The number of halogens is 1. The SMILES string of the molecule is C.CCn1c(SCC(=O)Nc2ccc(C(C)=O)cc2)nc2nc3c(cc2c1=O)CCCC3.O=C(CN1C(=O)c2ccc(C(=O)c3ccc4c(c3)C(=O)N(NC(=O)c3ccncc3)C4=O)cc2C1=O)c1ccncc1.O=C(O)c1ccc(Oc2ccc(C(=O)c3ccc4c(c3)[N+](=O)C(c3cccc5ccccc35)C4=O)cc2)cc1.O=C(O)c1ccc2c(c1)C(=O)N(c1cccc(C(=O)Nc3cccc(Cl)c3)c1)C2=O. The van der Waals surface area contributed by atoms with Gasteiger partial charge in [0.05, 0.1) is 72.6 Å². The van der Waals surface area contributed by atoms with Gasteiger partial charge in [-0.25, -0.2) is 24.5 Å². The molecule has 4 aliphatic heterocycles. The number of nitroso groups, excluding NO2 is 1. The first-order chi connectivity index (χ1) is 68.4. The van der Waals surface area contributed by atoms with Crippen LogP contribution in [0.2, 0.25) is 5.02 Å². The van der Waals surface area contributed by atoms with Gasteiger partial charge < -0.3 is 25.6 Å². The number of fused-ring (bicyclic) bond motifs is 7. The molecule has 1 aliphatic carbocycles. The fourth-order valence-electron chi connectivity index (χ4n) is 16.4. The number of hydrazine groups is 1. The first-order valence-electron chi connectivity index (χ1n) is 43.9. The number of anilines is 3. The second-order valence-corrected chi connectivity index (χ2v) is 34.0. The predicted molar refractivity (Wildman–Crippen MR) is 526 cm³/mol. The Hall–Kier alpha value is -18.6. The number of carbonyl (C=O) groups is 16. The number of nitrogens with one attached hydrogen (secondary N) is 3. The normalized spacial score (nSPS) is 13.4. The summed E-state index contributed by atoms with van der Waals surface area (Å²) in [5.74, 6) is -8.39. The molecule has 5 aliphatic rings. The van der Waals surface area contributed by atoms with E-state index in [0.29, 0.717) is 82.7 Å². The van der Waals surface area contributed by atoms with Crippen LogP contribution < -0.4 is 31.3 Å². The molecule has 1 atom stereocenters. The van der Waals surface area contributed by atoms with Crippen molar-refractivity contribution in [3.05, 3.63) is 423 Å². The average Bonchev–Trinajstić information content (AvgIpc) is 1.76. The molecule has 1 unspecified atom stereocenters. The van der Waals surface area contributed by atoms with Gasteiger partial charge in [0.25, 0.3) is 64.5 Å². The van der Waals surface area contributed by atoms with E-state index in [1.807, 2.05) is 49.4 Å². The molecule has 0 spiro atoms. The van der Waals surface area contributed by atoms with Crippen LogP contribution in [0.25, 0.3) is 21.8 Å². The van der Waals surface area contributed by atoms with Gasteiger partial charge in [-0.1, -0.05) is 97.5 Å². The maximum absolute atomic E-state index is 13.4. The number of aromatic nitrogens is 5. The van der Waals surface area contributed by atoms with Gasteiger partial charge in [-0.05, 0) is 250 Å². The highest BCUT2D eigenvalue weighted by Gasteiger charge is 2.49. The van der Waals surface area contributed by atoms with E-state index < -0.39 is 83.3 Å². The standard InChI is InChI=1S/C32H19NO6.C30H17N5O7.C23H24N4O3S.C22H13ClN2O5.CH4/c34-30(20-8-13-23(14-9-20)39-24-15-10-21(11-16-24)32(36)37)22-12-17-27-28(18-22)33(38)29(31(27)35)26-7-3-5-19-4-1-2-6-25(19)26;36-24(16-5-9-31-10-6-16)15-34-27(39)20-3-1-18(13-22(20)28(34)40)25(37)19-2-4-21-23(14-19)30(42)35(29(21)41)33-26(38)17-7-11-32-12-8-17;1-3-27-22(30)18-12-16-6-4-5-7-19(16)25-21(18)26-23(27)31-13-20(29)24-17-10-8-15(9-11-17)14(2)28;23-14-4-2-5-15(11-14)24-19(26)12-3-1-6-16(9-12)25-20(27)17-8-7-13(22(29)30)10-18(17)21(25)28;/h1-18,29H;1-14H,15H2,(H,33,38);8-12H,3-7,13H2,1-2H3,(H,24,29);1-11H,(H,24,26)(H,29,30);1H4/p+1. The third kappa shape index (κ3) is 20.4. The number of hydrogen-bond donors (Lipinski definition) is 5. The van der Waals surface area contributed by atoms with E-state index in [-0.39, 0.29) is 131 Å². The predicted octanol–water partition coefficient (Wildman–Crippen LogP) is 17.4. The number of carboxylic acids is 2. The molecule has 708 valence electrons. The summed E-state index contributed by atoms with van der Waals surface area (Å²) < 4.78 is 8.03. The molecule has 0 fully saturated rings. The highest BCUT2D eigenvalue weighted by molar-refractivity contribution is 7.99. The number of thioether (sulfide) groups is 1. The van der Waals surface area contributed by atoms with E-state index in [0.717, 1.165) is 57.5 Å². The van der Waals surface area contributed by atoms with E-state index >= 15 is 0 Å². The van der Waals surface area contributed by atoms with Crippen molar-refractivity contribution < 1.29 is 96.4 Å². The maximum Gasteiger partial charge on any atom is 0.335 e. The number of benzene rings is 11. The molecule has 0 saturated carbocycles. The third-order valence-electron chi connectivity index (χ3n) is 23.7. The van der Waals surface area contributed by atoms with Crippen molar-refractivity contribution in [1.29, 1.82) is 0 Å². The van der Waals surface area contributed by atoms with Crippen LogP contribution in [0.15, 0.2) is 302 Å². The summed E-state index contributed by atoms with van der Waals surface area (Å²) in [5.41, 5.74) is 9.37. The zero-order valence-corrected chi connectivity index (χ0v) is 76.3. The van der Waals surface area contributed by atoms with Gasteiger partial charge in [0, 0.05) is 114 Å². The zero-order chi connectivity index (χ0) is 100. The van der Waals surface area contributed by atoms with Crippen molar-refractivity contribution in [3.63, 3.8) is 0 Å². The van der Waals surface area contributed by atoms with Crippen molar-refractivity contribution >= 4 is 162 Å². The Kier molecular flexibility index (Phi) is 28.5. The van der Waals surface area contributed by atoms with Crippen LogP contribution in [0, 0.1) is 4.91 Å². The first-order valence-corrected chi connectivity index (χ1v) is 45.2. The smallest absolute Gasteiger partial charge is 0.335 e. The molecule has 20 rings (SSSR count). The Morgan fingerprint density at radius 3 is 1.67 bits per heavy atom. The number of aromatic carboxylic acids is 2. The zero-order valence-electron chi connectivity index (χ0n) is 74.7. The number of aryl methyl sites for hydroxylation is 2. The Bertz CT molecular complexity index is 7840. The van der Waals surface area contributed by atoms with E-state index in [9.17, 15) is 86.4 Å². The Labute approximate surface area is 820 Å². The Morgan fingerprint density at radius 1 is 0.476 bits per heavy atom. The van der Waals surface area contributed by atoms with Gasteiger partial charge in [-0.2, -0.15) is 5.01 Å². The number of Topliss-reactive ketones (excluding diaryl/α,β-unsaturated/α-hetero) is 3. The molecule has 5 N–H and O–H groups in total. The number of rotatable bonds is 23. The molecule has 0 saturated heterocycles. The fraction of sp³-hybridized carbons (Fsp3) is 0.102. The van der Waals surface area contributed by atoms with E-state index in [4.69, 9.17) is 26.6 Å². The number of imide groups is 3. The lowest BCUT2D eigenvalue weighted by Gasteiger charge is -2.16. The molecule has 0 radical (unpaired) electrons. The monoisotopic (exact) mass is 1950 g/mol. The third-order valence-corrected chi connectivity index (χ3v) is 24.9. The minimum atomic E-state index is -1.20. The molecule has 33 nitrogen and oxygen atoms in total. The van der Waals surface area contributed by atoms with Gasteiger partial charge in [-0.3, -0.25) is 96.8 Å². The molecular weight excluding hydrogens is 1870 g/mol. The minimum Gasteiger partial charge on any atom is -0.478 e. The van der Waals surface area contributed by atoms with Crippen LogP contribution in [0.1, 0.15) is 223 Å². The molecule has 0 bridgehead atoms. The lowest BCUT2D eigenvalue weighted by Crippen LogP contribution is -2.45. The van der Waals surface area contributed by atoms with E-state index in [1.165, 1.54) is 153 Å². The number of carbonyl (C=O) groups excluding carboxylic acids is 14. The second-order valence-electron chi connectivity index (χ2n) is 32.6. The number of hydrogen-bond acceptors (Lipinski definition) is 24. The fourth-order valence-corrected chi connectivity index (χ4v) is 17.5. The molecule has 8 heterocycles. The van der Waals surface area contributed by atoms with Gasteiger partial charge in [0.2, 0.25) is 11.7 Å². The summed E-state index contributed by atoms with van der Waals surface area (Å²) >= 11 is 7.14. The molecule has 9 amide bonds. The maximum atomic E-state index is 13.4. The molecular formula is C108H78ClN12O21S+. The lowest BCUT2D eigenvalue weighted by molar-refractivity contribution is -0.487. The van der Waals surface area contributed by atoms with Crippen molar-refractivity contribution in [2.45, 2.75) is 64.7 Å². The topological polar surface area (TPSA) is 462 Å². The van der Waals surface area contributed by atoms with E-state index in [2.05, 4.69) is 36.0 Å². The first kappa shape index (κ1) is 97.5. The summed E-state index contributed by atoms with van der Waals surface area (Å²) in [7, 11) is 0. The van der Waals surface area contributed by atoms with Crippen LogP contribution in [-0.2, 0) is 24.2 Å². The number of amides is 9. The summed E-state index contributed by atoms with van der Waals surface area (Å²) in [6, 6.07) is 67.9. The van der Waals surface area contributed by atoms with Crippen molar-refractivity contribution in [2.24, 2.45) is 0 Å². The second kappa shape index (κ2) is 41.8. The highest BCUT2D eigenvalue weighted by atomic mass is 35.5. The summed E-state index contributed by atoms with van der Waals surface area (Å²) in [6.07, 6.45) is 9.71. The van der Waals surface area contributed by atoms with Crippen LogP contribution in [0.3, 0.4) is 0 Å². The minimum absolute atomic E-state index is 0. The Morgan fingerprint density at radius 2 is 1.01 bits per heavy atom. The number of pyridine rings is 3. The van der Waals surface area contributed by atoms with Crippen LogP contribution in [-0.4, -0.2) is 156 Å². The number of ether oxygens (including phenoxy) is 1. The Balaban J connectivity index is 0.000000138. The lowest BCUT2D eigenvalue weighted by atomic mass is 9.95. The van der Waals surface area contributed by atoms with Gasteiger partial charge in [0.1, 0.15) is 17.1 Å². The number of carboxylic acid groups (broad SMARTS) is 2. The van der Waals surface area contributed by atoms with Gasteiger partial charge in [0.15, 0.2) is 33.9 Å².